The number of carbonyl (C=O) groups is 1. The van der Waals surface area contributed by atoms with Gasteiger partial charge in [-0.3, -0.25) is 4.79 Å². The van der Waals surface area contributed by atoms with Crippen LogP contribution in [0.15, 0.2) is 24.3 Å². The zero-order valence-electron chi connectivity index (χ0n) is 9.70. The van der Waals surface area contributed by atoms with E-state index >= 15 is 0 Å². The monoisotopic (exact) mass is 224 g/mol. The standard InChI is InChI=1S/C13H17FO2/c1-10(16-2)3-8-13(15)9-11-4-6-12(14)7-5-11/h4-7,10H,3,8-9H2,1-2H3. The average molecular weight is 224 g/mol. The summed E-state index contributed by atoms with van der Waals surface area (Å²) >= 11 is 0. The maximum atomic E-state index is 12.6. The third-order valence-electron chi connectivity index (χ3n) is 2.55. The van der Waals surface area contributed by atoms with Crippen LogP contribution in [0.5, 0.6) is 0 Å². The fourth-order valence-electron chi connectivity index (χ4n) is 1.40. The van der Waals surface area contributed by atoms with Crippen molar-refractivity contribution >= 4 is 5.78 Å². The van der Waals surface area contributed by atoms with Crippen molar-refractivity contribution in [1.29, 1.82) is 0 Å². The fourth-order valence-corrected chi connectivity index (χ4v) is 1.40. The Bertz CT molecular complexity index is 332. The molecule has 0 aliphatic carbocycles. The molecular weight excluding hydrogens is 207 g/mol. The largest absolute Gasteiger partial charge is 0.382 e. The minimum atomic E-state index is -0.274. The first-order valence-electron chi connectivity index (χ1n) is 5.40. The second-order valence-corrected chi connectivity index (χ2v) is 3.93. The van der Waals surface area contributed by atoms with Crippen LogP contribution in [0.4, 0.5) is 4.39 Å². The van der Waals surface area contributed by atoms with Crippen LogP contribution in [0.1, 0.15) is 25.3 Å². The molecule has 0 N–H and O–H groups in total. The van der Waals surface area contributed by atoms with Gasteiger partial charge in [-0.25, -0.2) is 4.39 Å². The molecule has 1 unspecified atom stereocenters. The van der Waals surface area contributed by atoms with E-state index in [2.05, 4.69) is 0 Å². The first-order chi connectivity index (χ1) is 7.61. The molecule has 1 aromatic carbocycles. The van der Waals surface area contributed by atoms with Crippen molar-refractivity contribution in [2.24, 2.45) is 0 Å². The van der Waals surface area contributed by atoms with E-state index in [4.69, 9.17) is 4.74 Å². The van der Waals surface area contributed by atoms with Crippen molar-refractivity contribution in [3.63, 3.8) is 0 Å². The Hall–Kier alpha value is -1.22. The Labute approximate surface area is 95.4 Å². The number of hydrogen-bond donors (Lipinski definition) is 0. The lowest BCUT2D eigenvalue weighted by Crippen LogP contribution is -2.10. The first-order valence-corrected chi connectivity index (χ1v) is 5.40. The van der Waals surface area contributed by atoms with E-state index in [0.29, 0.717) is 12.8 Å². The van der Waals surface area contributed by atoms with E-state index < -0.39 is 0 Å². The van der Waals surface area contributed by atoms with E-state index in [-0.39, 0.29) is 17.7 Å². The zero-order valence-corrected chi connectivity index (χ0v) is 9.70. The molecule has 0 spiro atoms. The van der Waals surface area contributed by atoms with Gasteiger partial charge >= 0.3 is 0 Å². The molecule has 1 atom stereocenters. The summed E-state index contributed by atoms with van der Waals surface area (Å²) in [4.78, 5) is 11.6. The highest BCUT2D eigenvalue weighted by Gasteiger charge is 2.07. The molecule has 0 saturated heterocycles. The summed E-state index contributed by atoms with van der Waals surface area (Å²) in [6.45, 7) is 1.94. The Kier molecular flexibility index (Phi) is 5.12. The second-order valence-electron chi connectivity index (χ2n) is 3.93. The zero-order chi connectivity index (χ0) is 12.0. The van der Waals surface area contributed by atoms with Gasteiger partial charge in [0.2, 0.25) is 0 Å². The minimum Gasteiger partial charge on any atom is -0.382 e. The summed E-state index contributed by atoms with van der Waals surface area (Å²) in [5, 5.41) is 0. The molecule has 0 aliphatic heterocycles. The molecule has 0 heterocycles. The normalized spacial score (nSPS) is 12.4. The number of benzene rings is 1. The molecule has 0 radical (unpaired) electrons. The Morgan fingerprint density at radius 2 is 2.00 bits per heavy atom. The van der Waals surface area contributed by atoms with Gasteiger partial charge in [0.1, 0.15) is 11.6 Å². The quantitative estimate of drug-likeness (QED) is 0.742. The van der Waals surface area contributed by atoms with Crippen LogP contribution in [-0.4, -0.2) is 19.0 Å². The van der Waals surface area contributed by atoms with E-state index in [1.54, 1.807) is 19.2 Å². The second kappa shape index (κ2) is 6.38. The van der Waals surface area contributed by atoms with Crippen molar-refractivity contribution in [3.05, 3.63) is 35.6 Å². The molecule has 0 saturated carbocycles. The van der Waals surface area contributed by atoms with Crippen LogP contribution in [0.2, 0.25) is 0 Å². The number of ketones is 1. The molecule has 2 nitrogen and oxygen atoms in total. The predicted octanol–water partition coefficient (Wildman–Crippen LogP) is 2.75. The molecule has 0 aliphatic rings. The van der Waals surface area contributed by atoms with Gasteiger partial charge in [0.15, 0.2) is 0 Å². The van der Waals surface area contributed by atoms with Crippen LogP contribution in [0, 0.1) is 5.82 Å². The van der Waals surface area contributed by atoms with Gasteiger partial charge in [-0.1, -0.05) is 12.1 Å². The maximum Gasteiger partial charge on any atom is 0.137 e. The van der Waals surface area contributed by atoms with E-state index in [1.807, 2.05) is 6.92 Å². The summed E-state index contributed by atoms with van der Waals surface area (Å²) in [7, 11) is 1.63. The van der Waals surface area contributed by atoms with Crippen LogP contribution in [-0.2, 0) is 16.0 Å². The van der Waals surface area contributed by atoms with Crippen molar-refractivity contribution in [3.8, 4) is 0 Å². The van der Waals surface area contributed by atoms with Crippen LogP contribution >= 0.6 is 0 Å². The van der Waals surface area contributed by atoms with E-state index in [0.717, 1.165) is 12.0 Å². The molecule has 0 bridgehead atoms. The number of halogens is 1. The number of carbonyl (C=O) groups excluding carboxylic acids is 1. The van der Waals surface area contributed by atoms with Crippen molar-refractivity contribution in [2.75, 3.05) is 7.11 Å². The number of ether oxygens (including phenoxy) is 1. The molecular formula is C13H17FO2. The molecule has 1 rings (SSSR count). The summed E-state index contributed by atoms with van der Waals surface area (Å²) in [6.07, 6.45) is 1.72. The third kappa shape index (κ3) is 4.53. The van der Waals surface area contributed by atoms with Crippen LogP contribution in [0.3, 0.4) is 0 Å². The van der Waals surface area contributed by atoms with Crippen molar-refractivity contribution in [1.82, 2.24) is 0 Å². The van der Waals surface area contributed by atoms with Crippen molar-refractivity contribution < 1.29 is 13.9 Å². The highest BCUT2D eigenvalue weighted by atomic mass is 19.1. The molecule has 0 aromatic heterocycles. The van der Waals surface area contributed by atoms with E-state index in [1.165, 1.54) is 12.1 Å². The summed E-state index contributed by atoms with van der Waals surface area (Å²) in [5.74, 6) is -0.111. The van der Waals surface area contributed by atoms with Crippen LogP contribution in [0.25, 0.3) is 0 Å². The van der Waals surface area contributed by atoms with Gasteiger partial charge < -0.3 is 4.74 Å². The predicted molar refractivity (Wildman–Crippen MR) is 60.8 cm³/mol. The molecule has 1 aromatic rings. The molecule has 16 heavy (non-hydrogen) atoms. The lowest BCUT2D eigenvalue weighted by Gasteiger charge is -2.08. The molecule has 0 amide bonds. The van der Waals surface area contributed by atoms with Crippen LogP contribution < -0.4 is 0 Å². The lowest BCUT2D eigenvalue weighted by atomic mass is 10.0. The number of methoxy groups -OCH3 is 1. The Morgan fingerprint density at radius 1 is 1.38 bits per heavy atom. The average Bonchev–Trinajstić information content (AvgIpc) is 2.29. The number of hydrogen-bond acceptors (Lipinski definition) is 2. The summed E-state index contributed by atoms with van der Waals surface area (Å²) in [5.41, 5.74) is 0.858. The third-order valence-corrected chi connectivity index (χ3v) is 2.55. The highest BCUT2D eigenvalue weighted by Crippen LogP contribution is 2.07. The first kappa shape index (κ1) is 12.8. The van der Waals surface area contributed by atoms with Gasteiger partial charge in [0.25, 0.3) is 0 Å². The van der Waals surface area contributed by atoms with Gasteiger partial charge in [-0.15, -0.1) is 0 Å². The number of rotatable bonds is 6. The van der Waals surface area contributed by atoms with Gasteiger partial charge in [0, 0.05) is 20.0 Å². The number of Topliss-reactive ketones (excluding diaryl/α,β-unsaturated/α-hetero) is 1. The minimum absolute atomic E-state index is 0.108. The van der Waals surface area contributed by atoms with Gasteiger partial charge in [0.05, 0.1) is 6.10 Å². The molecule has 0 fully saturated rings. The summed E-state index contributed by atoms with van der Waals surface area (Å²) in [6, 6.07) is 6.04. The molecule has 88 valence electrons. The maximum absolute atomic E-state index is 12.6. The summed E-state index contributed by atoms with van der Waals surface area (Å²) < 4.78 is 17.7. The fraction of sp³-hybridized carbons (Fsp3) is 0.462. The van der Waals surface area contributed by atoms with Gasteiger partial charge in [-0.05, 0) is 31.0 Å². The van der Waals surface area contributed by atoms with Gasteiger partial charge in [-0.2, -0.15) is 0 Å². The SMILES string of the molecule is COC(C)CCC(=O)Cc1ccc(F)cc1. The van der Waals surface area contributed by atoms with E-state index in [9.17, 15) is 9.18 Å². The Morgan fingerprint density at radius 3 is 2.56 bits per heavy atom. The molecule has 3 heteroatoms. The topological polar surface area (TPSA) is 26.3 Å². The smallest absolute Gasteiger partial charge is 0.137 e. The Balaban J connectivity index is 2.37. The lowest BCUT2D eigenvalue weighted by molar-refractivity contribution is -0.119. The highest BCUT2D eigenvalue weighted by molar-refractivity contribution is 5.80. The van der Waals surface area contributed by atoms with Crippen molar-refractivity contribution in [2.45, 2.75) is 32.3 Å².